The average molecular weight is 502 g/mol. The van der Waals surface area contributed by atoms with Crippen molar-refractivity contribution in [3.8, 4) is 5.75 Å². The van der Waals surface area contributed by atoms with E-state index >= 15 is 0 Å². The average Bonchev–Trinajstić information content (AvgIpc) is 3.05. The minimum absolute atomic E-state index is 0.00957. The molecule has 5 rings (SSSR count). The van der Waals surface area contributed by atoms with Crippen molar-refractivity contribution in [3.63, 3.8) is 0 Å². The number of halogens is 2. The Morgan fingerprint density at radius 2 is 2.08 bits per heavy atom. The van der Waals surface area contributed by atoms with E-state index in [1.807, 2.05) is 6.92 Å². The number of nitrogens with one attached hydrogen (secondary N) is 1. The summed E-state index contributed by atoms with van der Waals surface area (Å²) in [6.07, 6.45) is 0.825. The number of aliphatic hydroxyl groups excluding tert-OH is 1. The number of carbonyl (C=O) groups is 2. The van der Waals surface area contributed by atoms with E-state index in [1.165, 1.54) is 9.47 Å². The number of rotatable bonds is 3. The summed E-state index contributed by atoms with van der Waals surface area (Å²) in [5, 5.41) is 28.1. The third-order valence-corrected chi connectivity index (χ3v) is 7.35. The number of aliphatic hydroxyl groups is 1. The summed E-state index contributed by atoms with van der Waals surface area (Å²) >= 11 is 0. The van der Waals surface area contributed by atoms with Crippen molar-refractivity contribution in [3.05, 3.63) is 63.1 Å². The molecule has 0 radical (unpaired) electrons. The van der Waals surface area contributed by atoms with E-state index < -0.39 is 57.9 Å². The first-order chi connectivity index (χ1) is 17.0. The predicted octanol–water partition coefficient (Wildman–Crippen LogP) is 1.45. The van der Waals surface area contributed by atoms with Gasteiger partial charge in [-0.15, -0.1) is 0 Å². The first-order valence-electron chi connectivity index (χ1n) is 11.5. The molecule has 1 aromatic heterocycles. The summed E-state index contributed by atoms with van der Waals surface area (Å²) in [5.41, 5.74) is -2.82. The monoisotopic (exact) mass is 502 g/mol. The normalized spacial score (nSPS) is 26.8. The van der Waals surface area contributed by atoms with Crippen molar-refractivity contribution in [2.45, 2.75) is 57.0 Å². The van der Waals surface area contributed by atoms with Gasteiger partial charge < -0.3 is 29.8 Å². The third-order valence-electron chi connectivity index (χ3n) is 7.35. The molecule has 1 aromatic carbocycles. The molecule has 1 saturated heterocycles. The quantitative estimate of drug-likeness (QED) is 0.582. The summed E-state index contributed by atoms with van der Waals surface area (Å²) in [5.74, 6) is -4.08. The fourth-order valence-corrected chi connectivity index (χ4v) is 5.23. The number of benzene rings is 1. The minimum atomic E-state index is -1.28. The van der Waals surface area contributed by atoms with Crippen LogP contribution in [0.1, 0.15) is 59.1 Å². The second kappa shape index (κ2) is 8.40. The van der Waals surface area contributed by atoms with Crippen LogP contribution < -0.4 is 10.7 Å². The number of carbonyl (C=O) groups excluding carboxylic acids is 2. The maximum absolute atomic E-state index is 14.0. The SMILES string of the molecule is CC1=NO[C@@]2(CC[C@H](C)N3C[C@H]2n2cc(C(=O)NCc4ccc(F)cc4F)c(=O)c(O)c2C3=O)C1O. The fraction of sp³-hybridized carbons (Fsp3) is 0.417. The lowest BCUT2D eigenvalue weighted by Gasteiger charge is -2.43. The number of nitrogens with zero attached hydrogens (tertiary/aromatic N) is 3. The van der Waals surface area contributed by atoms with Crippen LogP contribution in [-0.2, 0) is 11.4 Å². The number of amides is 2. The zero-order chi connectivity index (χ0) is 25.9. The van der Waals surface area contributed by atoms with Crippen LogP contribution in [-0.4, -0.2) is 61.5 Å². The van der Waals surface area contributed by atoms with E-state index in [4.69, 9.17) is 4.84 Å². The Labute approximate surface area is 203 Å². The van der Waals surface area contributed by atoms with Gasteiger partial charge in [-0.1, -0.05) is 11.2 Å². The van der Waals surface area contributed by atoms with Crippen molar-refractivity contribution < 1.29 is 33.4 Å². The third kappa shape index (κ3) is 3.47. The highest BCUT2D eigenvalue weighted by atomic mass is 19.1. The molecule has 3 N–H and O–H groups in total. The van der Waals surface area contributed by atoms with Crippen molar-refractivity contribution in [1.82, 2.24) is 14.8 Å². The molecule has 2 aromatic rings. The van der Waals surface area contributed by atoms with Crippen LogP contribution in [0.2, 0.25) is 0 Å². The van der Waals surface area contributed by atoms with Gasteiger partial charge in [0.05, 0.1) is 11.8 Å². The Balaban J connectivity index is 1.57. The van der Waals surface area contributed by atoms with Gasteiger partial charge in [0, 0.05) is 37.0 Å². The van der Waals surface area contributed by atoms with Gasteiger partial charge >= 0.3 is 0 Å². The Bertz CT molecular complexity index is 1380. The maximum Gasteiger partial charge on any atom is 0.274 e. The minimum Gasteiger partial charge on any atom is -0.503 e. The van der Waals surface area contributed by atoms with E-state index in [0.29, 0.717) is 24.6 Å². The number of hydrogen-bond acceptors (Lipinski definition) is 7. The highest BCUT2D eigenvalue weighted by Crippen LogP contribution is 2.46. The molecular weight excluding hydrogens is 478 g/mol. The summed E-state index contributed by atoms with van der Waals surface area (Å²) in [6, 6.07) is 1.81. The van der Waals surface area contributed by atoms with E-state index in [2.05, 4.69) is 10.5 Å². The van der Waals surface area contributed by atoms with Gasteiger partial charge in [-0.2, -0.15) is 0 Å². The van der Waals surface area contributed by atoms with Crippen LogP contribution in [0.4, 0.5) is 8.78 Å². The van der Waals surface area contributed by atoms with E-state index in [-0.39, 0.29) is 30.4 Å². The fourth-order valence-electron chi connectivity index (χ4n) is 5.23. The van der Waals surface area contributed by atoms with Gasteiger partial charge in [-0.25, -0.2) is 8.78 Å². The van der Waals surface area contributed by atoms with Crippen LogP contribution >= 0.6 is 0 Å². The molecule has 12 heteroatoms. The van der Waals surface area contributed by atoms with Crippen LogP contribution in [0, 0.1) is 11.6 Å². The van der Waals surface area contributed by atoms with E-state index in [0.717, 1.165) is 18.3 Å². The van der Waals surface area contributed by atoms with Crippen molar-refractivity contribution >= 4 is 17.5 Å². The van der Waals surface area contributed by atoms with Crippen molar-refractivity contribution in [1.29, 1.82) is 0 Å². The molecule has 4 heterocycles. The second-order valence-electron chi connectivity index (χ2n) is 9.44. The lowest BCUT2D eigenvalue weighted by molar-refractivity contribution is -0.114. The van der Waals surface area contributed by atoms with Gasteiger partial charge in [0.25, 0.3) is 11.8 Å². The first kappa shape index (κ1) is 23.9. The number of aromatic hydroxyl groups is 1. The standard InChI is InChI=1S/C24H24F2N4O6/c1-11-5-6-24(21(33)12(2)28-36-24)17-10-29(11)23(35)18-20(32)19(31)15(9-30(17)18)22(34)27-8-13-3-4-14(25)7-16(13)26/h3-4,7,9,11,17,21,32-33H,5-6,8,10H2,1-2H3,(H,27,34)/t11-,17+,21?,24+/m0/s1. The molecule has 3 aliphatic heterocycles. The van der Waals surface area contributed by atoms with Crippen molar-refractivity contribution in [2.24, 2.45) is 5.16 Å². The Hall–Kier alpha value is -3.80. The van der Waals surface area contributed by atoms with Gasteiger partial charge in [-0.05, 0) is 32.8 Å². The molecule has 1 spiro atoms. The maximum atomic E-state index is 14.0. The molecule has 2 amide bonds. The van der Waals surface area contributed by atoms with E-state index in [9.17, 15) is 33.4 Å². The van der Waals surface area contributed by atoms with Crippen LogP contribution in [0.15, 0.2) is 34.3 Å². The lowest BCUT2D eigenvalue weighted by Crippen LogP contribution is -2.56. The van der Waals surface area contributed by atoms with Gasteiger partial charge in [0.2, 0.25) is 5.43 Å². The Morgan fingerprint density at radius 3 is 2.75 bits per heavy atom. The highest BCUT2D eigenvalue weighted by Gasteiger charge is 2.58. The van der Waals surface area contributed by atoms with Crippen molar-refractivity contribution in [2.75, 3.05) is 6.54 Å². The summed E-state index contributed by atoms with van der Waals surface area (Å²) < 4.78 is 28.4. The highest BCUT2D eigenvalue weighted by molar-refractivity contribution is 5.99. The molecule has 4 atom stereocenters. The number of oxime groups is 1. The Morgan fingerprint density at radius 1 is 1.33 bits per heavy atom. The molecule has 10 nitrogen and oxygen atoms in total. The molecule has 36 heavy (non-hydrogen) atoms. The molecule has 0 aliphatic carbocycles. The number of fused-ring (bicyclic) bond motifs is 5. The number of hydrogen-bond donors (Lipinski definition) is 3. The summed E-state index contributed by atoms with van der Waals surface area (Å²) in [4.78, 5) is 46.4. The molecule has 190 valence electrons. The second-order valence-corrected chi connectivity index (χ2v) is 9.44. The topological polar surface area (TPSA) is 133 Å². The smallest absolute Gasteiger partial charge is 0.274 e. The number of aromatic nitrogens is 1. The van der Waals surface area contributed by atoms with E-state index in [1.54, 1.807) is 6.92 Å². The predicted molar refractivity (Wildman–Crippen MR) is 122 cm³/mol. The molecular formula is C24H24F2N4O6. The Kier molecular flexibility index (Phi) is 5.58. The van der Waals surface area contributed by atoms with Gasteiger partial charge in [-0.3, -0.25) is 14.4 Å². The van der Waals surface area contributed by atoms with Crippen LogP contribution in [0.25, 0.3) is 0 Å². The molecule has 1 fully saturated rings. The lowest BCUT2D eigenvalue weighted by atomic mass is 9.82. The zero-order valence-corrected chi connectivity index (χ0v) is 19.5. The van der Waals surface area contributed by atoms with Gasteiger partial charge in [0.15, 0.2) is 17.0 Å². The molecule has 0 saturated carbocycles. The molecule has 2 bridgehead atoms. The zero-order valence-electron chi connectivity index (χ0n) is 19.5. The first-order valence-corrected chi connectivity index (χ1v) is 11.5. The summed E-state index contributed by atoms with van der Waals surface area (Å²) in [6.45, 7) is 3.18. The summed E-state index contributed by atoms with van der Waals surface area (Å²) in [7, 11) is 0. The van der Waals surface area contributed by atoms with Gasteiger partial charge in [0.1, 0.15) is 23.3 Å². The largest absolute Gasteiger partial charge is 0.503 e. The molecule has 1 unspecified atom stereocenters. The van der Waals surface area contributed by atoms with Crippen LogP contribution in [0.3, 0.4) is 0 Å². The van der Waals surface area contributed by atoms with Crippen LogP contribution in [0.5, 0.6) is 5.75 Å². The molecule has 3 aliphatic rings. The number of pyridine rings is 1.